The third-order valence-electron chi connectivity index (χ3n) is 6.04. The zero-order chi connectivity index (χ0) is 20.2. The molecule has 0 fully saturated rings. The number of aromatic nitrogens is 2. The van der Waals surface area contributed by atoms with Crippen molar-refractivity contribution in [3.63, 3.8) is 0 Å². The molecule has 7 nitrogen and oxygen atoms in total. The van der Waals surface area contributed by atoms with Crippen LogP contribution in [-0.2, 0) is 42.8 Å². The molecule has 8 heteroatoms. The molecule has 1 aromatic carbocycles. The van der Waals surface area contributed by atoms with Crippen LogP contribution < -0.4 is 10.1 Å². The van der Waals surface area contributed by atoms with Gasteiger partial charge in [-0.05, 0) is 60.8 Å². The van der Waals surface area contributed by atoms with E-state index in [2.05, 4.69) is 34.7 Å². The number of hydrogen-bond donors (Lipinski definition) is 2. The van der Waals surface area contributed by atoms with Crippen molar-refractivity contribution in [3.05, 3.63) is 34.5 Å². The molecule has 0 radical (unpaired) electrons. The summed E-state index contributed by atoms with van der Waals surface area (Å²) < 4.78 is 24.2. The van der Waals surface area contributed by atoms with E-state index in [1.807, 2.05) is 0 Å². The van der Waals surface area contributed by atoms with Crippen LogP contribution in [0.1, 0.15) is 48.9 Å². The molecule has 2 aromatic rings. The lowest BCUT2D eigenvalue weighted by atomic mass is 9.94. The molecule has 5 rings (SSSR count). The van der Waals surface area contributed by atoms with Crippen LogP contribution in [0.4, 0.5) is 10.5 Å². The Morgan fingerprint density at radius 1 is 1.21 bits per heavy atom. The number of carbonyl (C=O) groups excluding carboxylic acids is 1. The Morgan fingerprint density at radius 2 is 1.90 bits per heavy atom. The van der Waals surface area contributed by atoms with Gasteiger partial charge in [-0.15, -0.1) is 4.36 Å². The molecule has 1 unspecified atom stereocenters. The molecule has 0 saturated heterocycles. The summed E-state index contributed by atoms with van der Waals surface area (Å²) in [7, 11) is -2.28. The van der Waals surface area contributed by atoms with Gasteiger partial charge in [-0.25, -0.2) is 13.7 Å². The van der Waals surface area contributed by atoms with Crippen molar-refractivity contribution in [2.24, 2.45) is 9.78 Å². The minimum absolute atomic E-state index is 0.0372. The van der Waals surface area contributed by atoms with Gasteiger partial charge < -0.3 is 10.1 Å². The van der Waals surface area contributed by atoms with E-state index in [4.69, 9.17) is 4.74 Å². The van der Waals surface area contributed by atoms with Gasteiger partial charge in [0.1, 0.15) is 4.90 Å². The Bertz CT molecular complexity index is 1060. The molecule has 1 atom stereocenters. The first-order valence-corrected chi connectivity index (χ1v) is 11.5. The molecule has 2 heterocycles. The van der Waals surface area contributed by atoms with Crippen molar-refractivity contribution in [1.82, 2.24) is 9.78 Å². The van der Waals surface area contributed by atoms with Gasteiger partial charge in [0.15, 0.2) is 0 Å². The Hall–Kier alpha value is -2.35. The Morgan fingerprint density at radius 3 is 2.59 bits per heavy atom. The van der Waals surface area contributed by atoms with Gasteiger partial charge in [0.25, 0.3) is 0 Å². The van der Waals surface area contributed by atoms with E-state index in [1.54, 1.807) is 4.68 Å². The third-order valence-corrected chi connectivity index (χ3v) is 7.13. The number of hydrogen-bond acceptors (Lipinski definition) is 4. The highest BCUT2D eigenvalue weighted by molar-refractivity contribution is 7.75. The van der Waals surface area contributed by atoms with Crippen molar-refractivity contribution in [3.8, 4) is 5.88 Å². The van der Waals surface area contributed by atoms with E-state index < -0.39 is 16.6 Å². The summed E-state index contributed by atoms with van der Waals surface area (Å²) >= 11 is 0. The van der Waals surface area contributed by atoms with E-state index in [-0.39, 0.29) is 5.41 Å². The van der Waals surface area contributed by atoms with Gasteiger partial charge in [0, 0.05) is 11.1 Å². The number of anilines is 1. The second-order valence-electron chi connectivity index (χ2n) is 8.98. The van der Waals surface area contributed by atoms with Crippen molar-refractivity contribution in [2.75, 3.05) is 11.9 Å². The first-order chi connectivity index (χ1) is 13.9. The van der Waals surface area contributed by atoms with Crippen LogP contribution in [0, 0.1) is 5.41 Å². The van der Waals surface area contributed by atoms with E-state index in [0.29, 0.717) is 23.9 Å². The highest BCUT2D eigenvalue weighted by Gasteiger charge is 2.30. The van der Waals surface area contributed by atoms with Crippen molar-refractivity contribution < 1.29 is 13.7 Å². The van der Waals surface area contributed by atoms with Gasteiger partial charge in [-0.3, -0.25) is 0 Å². The van der Waals surface area contributed by atoms with Crippen LogP contribution in [0.5, 0.6) is 5.88 Å². The summed E-state index contributed by atoms with van der Waals surface area (Å²) in [4.78, 5) is 13.0. The van der Waals surface area contributed by atoms with Crippen molar-refractivity contribution >= 4 is 22.3 Å². The minimum atomic E-state index is -2.28. The standard InChI is InChI=1S/C21H26N4O3S/c1-21(2)11-25-19(28-12-21)17(10-22-25)29(27)24-20(26)23-18-15-7-3-5-13(15)9-14-6-4-8-16(14)18/h9-10,29H,3-8,11-12H2,1-2H3,(H,23,26). The van der Waals surface area contributed by atoms with E-state index in [9.17, 15) is 9.00 Å². The summed E-state index contributed by atoms with van der Waals surface area (Å²) in [6.45, 7) is 5.38. The maximum atomic E-state index is 12.8. The topological polar surface area (TPSA) is 85.6 Å². The maximum Gasteiger partial charge on any atom is 0.353 e. The number of aryl methyl sites for hydroxylation is 2. The Kier molecular flexibility index (Phi) is 4.42. The fraction of sp³-hybridized carbons (Fsp3) is 0.524. The van der Waals surface area contributed by atoms with Gasteiger partial charge >= 0.3 is 6.03 Å². The number of carbonyl (C=O) groups is 1. The normalized spacial score (nSPS) is 19.9. The van der Waals surface area contributed by atoms with Crippen LogP contribution in [0.3, 0.4) is 0 Å². The van der Waals surface area contributed by atoms with Crippen LogP contribution in [-0.4, -0.2) is 26.6 Å². The lowest BCUT2D eigenvalue weighted by molar-refractivity contribution is 0.0972. The average molecular weight is 415 g/mol. The summed E-state index contributed by atoms with van der Waals surface area (Å²) in [6.07, 6.45) is 7.81. The van der Waals surface area contributed by atoms with Crippen LogP contribution >= 0.6 is 0 Å². The summed E-state index contributed by atoms with van der Waals surface area (Å²) in [5.74, 6) is 0.462. The Labute approximate surface area is 172 Å². The summed E-state index contributed by atoms with van der Waals surface area (Å²) in [5.41, 5.74) is 6.03. The molecule has 1 aliphatic heterocycles. The largest absolute Gasteiger partial charge is 0.476 e. The number of amides is 2. The smallest absolute Gasteiger partial charge is 0.353 e. The molecule has 29 heavy (non-hydrogen) atoms. The van der Waals surface area contributed by atoms with Crippen molar-refractivity contribution in [1.29, 1.82) is 0 Å². The quantitative estimate of drug-likeness (QED) is 0.736. The first-order valence-electron chi connectivity index (χ1n) is 10.3. The molecule has 0 bridgehead atoms. The highest BCUT2D eigenvalue weighted by atomic mass is 32.2. The van der Waals surface area contributed by atoms with Gasteiger partial charge in [0.05, 0.1) is 29.9 Å². The maximum absolute atomic E-state index is 12.8. The Balaban J connectivity index is 1.42. The molecular weight excluding hydrogens is 388 g/mol. The van der Waals surface area contributed by atoms with Crippen LogP contribution in [0.15, 0.2) is 21.5 Å². The number of thiol groups is 1. The number of urea groups is 1. The van der Waals surface area contributed by atoms with Gasteiger partial charge in [0.2, 0.25) is 5.88 Å². The minimum Gasteiger partial charge on any atom is -0.476 e. The van der Waals surface area contributed by atoms with Gasteiger partial charge in [-0.2, -0.15) is 5.10 Å². The van der Waals surface area contributed by atoms with E-state index in [1.165, 1.54) is 28.5 Å². The SMILES string of the molecule is CC1(C)COc2c(/[SH](=O)=N/C(=O)Nc3c4c(cc5c3CCC5)CCC4)cnn2C1. The first kappa shape index (κ1) is 18.7. The number of ether oxygens (including phenoxy) is 1. The zero-order valence-electron chi connectivity index (χ0n) is 16.8. The predicted molar refractivity (Wildman–Crippen MR) is 111 cm³/mol. The lowest BCUT2D eigenvalue weighted by Gasteiger charge is -2.30. The lowest BCUT2D eigenvalue weighted by Crippen LogP contribution is -2.33. The molecule has 154 valence electrons. The fourth-order valence-electron chi connectivity index (χ4n) is 4.71. The predicted octanol–water partition coefficient (Wildman–Crippen LogP) is 3.53. The number of nitrogens with zero attached hydrogens (tertiary/aromatic N) is 3. The number of fused-ring (bicyclic) bond motifs is 3. The molecule has 2 amide bonds. The molecule has 1 N–H and O–H groups in total. The van der Waals surface area contributed by atoms with Gasteiger partial charge in [-0.1, -0.05) is 19.9 Å². The highest BCUT2D eigenvalue weighted by Crippen LogP contribution is 2.38. The van der Waals surface area contributed by atoms with Crippen LogP contribution in [0.25, 0.3) is 0 Å². The van der Waals surface area contributed by atoms with E-state index in [0.717, 1.165) is 44.2 Å². The van der Waals surface area contributed by atoms with Crippen LogP contribution in [0.2, 0.25) is 0 Å². The number of nitrogens with one attached hydrogen (secondary N) is 1. The number of benzene rings is 1. The third kappa shape index (κ3) is 3.33. The molecule has 2 aliphatic carbocycles. The average Bonchev–Trinajstić information content (AvgIpc) is 3.38. The second kappa shape index (κ2) is 6.86. The monoisotopic (exact) mass is 414 g/mol. The molecule has 0 spiro atoms. The molecule has 3 aliphatic rings. The second-order valence-corrected chi connectivity index (χ2v) is 10.2. The number of rotatable bonds is 2. The fourth-order valence-corrected chi connectivity index (χ4v) is 5.52. The molecule has 1 aromatic heterocycles. The summed E-state index contributed by atoms with van der Waals surface area (Å²) in [5, 5.41) is 7.25. The molecular formula is C21H26N4O3S. The van der Waals surface area contributed by atoms with E-state index >= 15 is 0 Å². The molecule has 0 saturated carbocycles. The zero-order valence-corrected chi connectivity index (χ0v) is 17.7. The van der Waals surface area contributed by atoms with Crippen molar-refractivity contribution in [2.45, 2.75) is 63.8 Å². The summed E-state index contributed by atoms with van der Waals surface area (Å²) in [6, 6.07) is 1.76.